The Hall–Kier alpha value is -0.120. The van der Waals surface area contributed by atoms with Crippen molar-refractivity contribution in [1.82, 2.24) is 10.6 Å². The summed E-state index contributed by atoms with van der Waals surface area (Å²) < 4.78 is 0. The van der Waals surface area contributed by atoms with E-state index in [1.54, 1.807) is 0 Å². The molecular weight excluding hydrogens is 224 g/mol. The molecule has 0 amide bonds. The molecular formula is C15H30N2O. The maximum atomic E-state index is 9.75. The van der Waals surface area contributed by atoms with E-state index in [1.165, 1.54) is 38.5 Å². The molecule has 2 aliphatic rings. The highest BCUT2D eigenvalue weighted by Gasteiger charge is 2.36. The number of aliphatic hydroxyl groups excluding tert-OH is 1. The van der Waals surface area contributed by atoms with Crippen molar-refractivity contribution in [2.75, 3.05) is 26.2 Å². The van der Waals surface area contributed by atoms with Crippen molar-refractivity contribution in [2.24, 2.45) is 10.8 Å². The normalized spacial score (nSPS) is 31.2. The molecule has 0 aromatic heterocycles. The van der Waals surface area contributed by atoms with Crippen LogP contribution in [0.4, 0.5) is 0 Å². The van der Waals surface area contributed by atoms with Gasteiger partial charge in [-0.2, -0.15) is 0 Å². The molecule has 1 aliphatic heterocycles. The first-order chi connectivity index (χ1) is 8.58. The fraction of sp³-hybridized carbons (Fsp3) is 1.00. The van der Waals surface area contributed by atoms with E-state index in [0.717, 1.165) is 19.6 Å². The Morgan fingerprint density at radius 1 is 1.22 bits per heavy atom. The molecule has 2 fully saturated rings. The third-order valence-corrected chi connectivity index (χ3v) is 5.11. The molecule has 1 heterocycles. The summed E-state index contributed by atoms with van der Waals surface area (Å²) >= 11 is 0. The van der Waals surface area contributed by atoms with Gasteiger partial charge in [-0.15, -0.1) is 0 Å². The predicted molar refractivity (Wildman–Crippen MR) is 75.7 cm³/mol. The average molecular weight is 254 g/mol. The van der Waals surface area contributed by atoms with Crippen LogP contribution in [0, 0.1) is 10.8 Å². The zero-order valence-electron chi connectivity index (χ0n) is 12.1. The van der Waals surface area contributed by atoms with Crippen molar-refractivity contribution in [3.8, 4) is 0 Å². The summed E-state index contributed by atoms with van der Waals surface area (Å²) in [4.78, 5) is 0. The van der Waals surface area contributed by atoms with Crippen molar-refractivity contribution in [3.05, 3.63) is 0 Å². The summed E-state index contributed by atoms with van der Waals surface area (Å²) in [6.45, 7) is 8.24. The van der Waals surface area contributed by atoms with Crippen molar-refractivity contribution in [1.29, 1.82) is 0 Å². The zero-order chi connectivity index (χ0) is 13.1. The molecule has 3 heteroatoms. The Morgan fingerprint density at radius 3 is 2.56 bits per heavy atom. The highest BCUT2D eigenvalue weighted by Crippen LogP contribution is 2.36. The van der Waals surface area contributed by atoms with E-state index in [-0.39, 0.29) is 5.41 Å². The van der Waals surface area contributed by atoms with E-state index in [1.807, 2.05) is 0 Å². The molecule has 1 atom stereocenters. The van der Waals surface area contributed by atoms with Gasteiger partial charge >= 0.3 is 0 Å². The highest BCUT2D eigenvalue weighted by molar-refractivity contribution is 4.93. The van der Waals surface area contributed by atoms with E-state index in [0.29, 0.717) is 18.1 Å². The van der Waals surface area contributed by atoms with Crippen molar-refractivity contribution in [3.63, 3.8) is 0 Å². The van der Waals surface area contributed by atoms with E-state index in [4.69, 9.17) is 0 Å². The van der Waals surface area contributed by atoms with Gasteiger partial charge in [0, 0.05) is 31.2 Å². The summed E-state index contributed by atoms with van der Waals surface area (Å²) in [7, 11) is 0. The van der Waals surface area contributed by atoms with Crippen LogP contribution in [0.3, 0.4) is 0 Å². The van der Waals surface area contributed by atoms with Gasteiger partial charge in [0.15, 0.2) is 0 Å². The lowest BCUT2D eigenvalue weighted by Crippen LogP contribution is -2.55. The van der Waals surface area contributed by atoms with Gasteiger partial charge in [-0.25, -0.2) is 0 Å². The predicted octanol–water partition coefficient (Wildman–Crippen LogP) is 1.91. The number of aliphatic hydroxyl groups is 1. The van der Waals surface area contributed by atoms with Crippen LogP contribution in [0.2, 0.25) is 0 Å². The third-order valence-electron chi connectivity index (χ3n) is 5.11. The first-order valence-corrected chi connectivity index (χ1v) is 7.63. The quantitative estimate of drug-likeness (QED) is 0.718. The van der Waals surface area contributed by atoms with Gasteiger partial charge < -0.3 is 15.7 Å². The molecule has 0 radical (unpaired) electrons. The van der Waals surface area contributed by atoms with E-state index in [9.17, 15) is 5.11 Å². The lowest BCUT2D eigenvalue weighted by Gasteiger charge is -2.43. The maximum absolute atomic E-state index is 9.75. The first-order valence-electron chi connectivity index (χ1n) is 7.63. The molecule has 0 spiro atoms. The molecule has 1 saturated carbocycles. The molecule has 106 valence electrons. The fourth-order valence-corrected chi connectivity index (χ4v) is 3.58. The maximum Gasteiger partial charge on any atom is 0.0499 e. The number of nitrogens with one attached hydrogen (secondary N) is 2. The number of hydrogen-bond acceptors (Lipinski definition) is 3. The summed E-state index contributed by atoms with van der Waals surface area (Å²) in [5.41, 5.74) is 0.489. The van der Waals surface area contributed by atoms with Crippen LogP contribution in [0.15, 0.2) is 0 Å². The molecule has 3 nitrogen and oxygen atoms in total. The molecule has 2 rings (SSSR count). The number of hydrogen-bond donors (Lipinski definition) is 3. The molecule has 3 N–H and O–H groups in total. The van der Waals surface area contributed by atoms with Gasteiger partial charge in [0.25, 0.3) is 0 Å². The van der Waals surface area contributed by atoms with Crippen LogP contribution < -0.4 is 10.6 Å². The highest BCUT2D eigenvalue weighted by atomic mass is 16.3. The standard InChI is InChI=1S/C15H30N2O/c1-14(2)10-16-9-6-13(14)17-11-15(12-18)7-4-3-5-8-15/h13,16-18H,3-12H2,1-2H3. The average Bonchev–Trinajstić information content (AvgIpc) is 2.38. The molecule has 0 bridgehead atoms. The van der Waals surface area contributed by atoms with Gasteiger partial charge in [0.2, 0.25) is 0 Å². The topological polar surface area (TPSA) is 44.3 Å². The van der Waals surface area contributed by atoms with Crippen LogP contribution in [-0.4, -0.2) is 37.4 Å². The Kier molecular flexibility index (Phi) is 4.68. The van der Waals surface area contributed by atoms with Gasteiger partial charge in [0.05, 0.1) is 0 Å². The van der Waals surface area contributed by atoms with E-state index < -0.39 is 0 Å². The smallest absolute Gasteiger partial charge is 0.0499 e. The minimum absolute atomic E-state index is 0.166. The van der Waals surface area contributed by atoms with Gasteiger partial charge in [-0.05, 0) is 31.2 Å². The number of piperidine rings is 1. The van der Waals surface area contributed by atoms with Crippen molar-refractivity contribution >= 4 is 0 Å². The molecule has 1 unspecified atom stereocenters. The SMILES string of the molecule is CC1(C)CNCCC1NCC1(CO)CCCCC1. The zero-order valence-corrected chi connectivity index (χ0v) is 12.1. The second kappa shape index (κ2) is 5.89. The van der Waals surface area contributed by atoms with Crippen molar-refractivity contribution in [2.45, 2.75) is 58.4 Å². The molecule has 1 saturated heterocycles. The third kappa shape index (κ3) is 3.25. The molecule has 0 aromatic carbocycles. The molecule has 0 aromatic rings. The summed E-state index contributed by atoms with van der Waals surface area (Å²) in [6, 6.07) is 0.587. The van der Waals surface area contributed by atoms with Crippen LogP contribution in [0.5, 0.6) is 0 Å². The molecule has 18 heavy (non-hydrogen) atoms. The first kappa shape index (κ1) is 14.3. The van der Waals surface area contributed by atoms with Crippen LogP contribution in [0.25, 0.3) is 0 Å². The Balaban J connectivity index is 1.88. The van der Waals surface area contributed by atoms with E-state index in [2.05, 4.69) is 24.5 Å². The summed E-state index contributed by atoms with van der Waals surface area (Å²) in [5, 5.41) is 17.0. The minimum atomic E-state index is 0.166. The fourth-order valence-electron chi connectivity index (χ4n) is 3.58. The Labute approximate surface area is 112 Å². The van der Waals surface area contributed by atoms with E-state index >= 15 is 0 Å². The lowest BCUT2D eigenvalue weighted by molar-refractivity contribution is 0.0669. The number of rotatable bonds is 4. The Bertz CT molecular complexity index is 259. The van der Waals surface area contributed by atoms with Gasteiger partial charge in [-0.3, -0.25) is 0 Å². The summed E-state index contributed by atoms with van der Waals surface area (Å²) in [5.74, 6) is 0. The minimum Gasteiger partial charge on any atom is -0.396 e. The Morgan fingerprint density at radius 2 is 1.94 bits per heavy atom. The van der Waals surface area contributed by atoms with Crippen molar-refractivity contribution < 1.29 is 5.11 Å². The largest absolute Gasteiger partial charge is 0.396 e. The van der Waals surface area contributed by atoms with Crippen LogP contribution in [0.1, 0.15) is 52.4 Å². The van der Waals surface area contributed by atoms with Crippen LogP contribution in [-0.2, 0) is 0 Å². The second-order valence-corrected chi connectivity index (χ2v) is 7.11. The second-order valence-electron chi connectivity index (χ2n) is 7.11. The lowest BCUT2D eigenvalue weighted by atomic mass is 9.73. The summed E-state index contributed by atoms with van der Waals surface area (Å²) in [6.07, 6.45) is 7.52. The van der Waals surface area contributed by atoms with Gasteiger partial charge in [-0.1, -0.05) is 33.1 Å². The van der Waals surface area contributed by atoms with Gasteiger partial charge in [0.1, 0.15) is 0 Å². The van der Waals surface area contributed by atoms with Crippen LogP contribution >= 0.6 is 0 Å². The molecule has 1 aliphatic carbocycles. The monoisotopic (exact) mass is 254 g/mol.